The van der Waals surface area contributed by atoms with Crippen LogP contribution in [-0.2, 0) is 0 Å². The fourth-order valence-electron chi connectivity index (χ4n) is 8.93. The highest BCUT2D eigenvalue weighted by molar-refractivity contribution is 5.26. The summed E-state index contributed by atoms with van der Waals surface area (Å²) in [6, 6.07) is 0. The maximum atomic E-state index is 10.7. The predicted molar refractivity (Wildman–Crippen MR) is 130 cm³/mol. The highest BCUT2D eigenvalue weighted by Gasteiger charge is 2.59. The van der Waals surface area contributed by atoms with E-state index in [1.165, 1.54) is 32.1 Å². The first-order valence-corrected chi connectivity index (χ1v) is 13.2. The van der Waals surface area contributed by atoms with E-state index in [1.54, 1.807) is 5.57 Å². The van der Waals surface area contributed by atoms with E-state index < -0.39 is 11.2 Å². The van der Waals surface area contributed by atoms with Crippen molar-refractivity contribution in [1.29, 1.82) is 0 Å². The molecule has 176 valence electrons. The fraction of sp³-hybridized carbons (Fsp3) is 0.862. The molecular weight excluding hydrogens is 380 g/mol. The third-order valence-corrected chi connectivity index (χ3v) is 10.9. The lowest BCUT2D eigenvalue weighted by molar-refractivity contribution is -0.0714. The van der Waals surface area contributed by atoms with Crippen LogP contribution in [0.1, 0.15) is 105 Å². The van der Waals surface area contributed by atoms with E-state index in [0.717, 1.165) is 55.8 Å². The number of allylic oxidation sites excluding steroid dienone is 1. The zero-order valence-electron chi connectivity index (χ0n) is 20.9. The average Bonchev–Trinajstić information content (AvgIpc) is 3.04. The van der Waals surface area contributed by atoms with Crippen molar-refractivity contribution in [2.75, 3.05) is 0 Å². The van der Waals surface area contributed by atoms with E-state index in [9.17, 15) is 10.2 Å². The Balaban J connectivity index is 1.49. The number of aliphatic hydroxyl groups is 2. The highest BCUT2D eigenvalue weighted by atomic mass is 16.3. The molecule has 2 nitrogen and oxygen atoms in total. The van der Waals surface area contributed by atoms with Crippen molar-refractivity contribution in [3.63, 3.8) is 0 Å². The maximum Gasteiger partial charge on any atom is 0.0657 e. The van der Waals surface area contributed by atoms with Gasteiger partial charge in [0.05, 0.1) is 11.2 Å². The van der Waals surface area contributed by atoms with Crippen molar-refractivity contribution < 1.29 is 10.2 Å². The zero-order valence-corrected chi connectivity index (χ0v) is 20.9. The van der Waals surface area contributed by atoms with Gasteiger partial charge in [0.15, 0.2) is 0 Å². The van der Waals surface area contributed by atoms with Gasteiger partial charge in [0.25, 0.3) is 0 Å². The molecular formula is C29H48O2. The third-order valence-electron chi connectivity index (χ3n) is 10.9. The highest BCUT2D eigenvalue weighted by Crippen LogP contribution is 2.67. The van der Waals surface area contributed by atoms with Crippen LogP contribution in [0.25, 0.3) is 0 Å². The summed E-state index contributed by atoms with van der Waals surface area (Å²) in [6.07, 6.45) is 16.9. The molecule has 9 atom stereocenters. The lowest BCUT2D eigenvalue weighted by Gasteiger charge is -2.59. The van der Waals surface area contributed by atoms with E-state index in [0.29, 0.717) is 23.2 Å². The largest absolute Gasteiger partial charge is 0.390 e. The number of hydrogen-bond acceptors (Lipinski definition) is 2. The van der Waals surface area contributed by atoms with E-state index in [1.807, 2.05) is 19.9 Å². The molecule has 4 rings (SSSR count). The zero-order chi connectivity index (χ0) is 22.7. The van der Waals surface area contributed by atoms with Gasteiger partial charge in [0.2, 0.25) is 0 Å². The van der Waals surface area contributed by atoms with E-state index in [2.05, 4.69) is 33.4 Å². The van der Waals surface area contributed by atoms with Crippen LogP contribution in [0.15, 0.2) is 24.3 Å². The minimum atomic E-state index is -0.603. The SMILES string of the molecule is C=CC[C@](C)(O)CC[C@@H](C)[C@H]1CC[C@H]2[C@@H]3CC=C4C[C@@](C)(O)CC[C@]4(C)[C@H]3CC[C@]12C. The van der Waals surface area contributed by atoms with Gasteiger partial charge in [-0.3, -0.25) is 0 Å². The molecule has 4 aliphatic carbocycles. The molecule has 3 fully saturated rings. The van der Waals surface area contributed by atoms with Gasteiger partial charge in [-0.2, -0.15) is 0 Å². The number of rotatable bonds is 6. The Morgan fingerprint density at radius 2 is 1.90 bits per heavy atom. The van der Waals surface area contributed by atoms with Gasteiger partial charge in [-0.25, -0.2) is 0 Å². The molecule has 4 aliphatic rings. The Labute approximate surface area is 191 Å². The molecule has 0 aromatic heterocycles. The summed E-state index contributed by atoms with van der Waals surface area (Å²) in [6.45, 7) is 15.4. The van der Waals surface area contributed by atoms with Gasteiger partial charge >= 0.3 is 0 Å². The molecule has 0 unspecified atom stereocenters. The topological polar surface area (TPSA) is 40.5 Å². The number of hydrogen-bond donors (Lipinski definition) is 2. The van der Waals surface area contributed by atoms with Gasteiger partial charge < -0.3 is 10.2 Å². The van der Waals surface area contributed by atoms with Crippen LogP contribution in [-0.4, -0.2) is 21.4 Å². The van der Waals surface area contributed by atoms with Gasteiger partial charge in [0.1, 0.15) is 0 Å². The normalized spacial score (nSPS) is 47.4. The molecule has 0 amide bonds. The summed E-state index contributed by atoms with van der Waals surface area (Å²) in [5.74, 6) is 3.96. The minimum absolute atomic E-state index is 0.319. The quantitative estimate of drug-likeness (QED) is 0.445. The average molecular weight is 429 g/mol. The van der Waals surface area contributed by atoms with E-state index in [4.69, 9.17) is 0 Å². The molecule has 31 heavy (non-hydrogen) atoms. The van der Waals surface area contributed by atoms with Crippen LogP contribution in [0.5, 0.6) is 0 Å². The molecule has 2 N–H and O–H groups in total. The van der Waals surface area contributed by atoms with E-state index in [-0.39, 0.29) is 0 Å². The van der Waals surface area contributed by atoms with Crippen LogP contribution in [0, 0.1) is 40.4 Å². The van der Waals surface area contributed by atoms with Gasteiger partial charge in [-0.1, -0.05) is 38.5 Å². The first-order valence-electron chi connectivity index (χ1n) is 13.2. The number of fused-ring (bicyclic) bond motifs is 5. The Bertz CT molecular complexity index is 718. The third kappa shape index (κ3) is 4.10. The molecule has 0 bridgehead atoms. The van der Waals surface area contributed by atoms with Crippen molar-refractivity contribution in [3.05, 3.63) is 24.3 Å². The first kappa shape index (κ1) is 23.6. The standard InChI is InChI=1S/C29H48O2/c1-7-14-26(3,30)15-12-20(2)23-10-11-24-22-9-8-21-19-27(4,31)17-18-28(21,5)25(22)13-16-29(23,24)6/h7-8,20,22-25,30-31H,1,9-19H2,2-6H3/t20-,22+,23-,24+,25+,26+,27+,28+,29-/m1/s1. The summed E-state index contributed by atoms with van der Waals surface area (Å²) < 4.78 is 0. The Morgan fingerprint density at radius 3 is 2.61 bits per heavy atom. The van der Waals surface area contributed by atoms with Crippen molar-refractivity contribution in [3.8, 4) is 0 Å². The first-order chi connectivity index (χ1) is 14.4. The second-order valence-electron chi connectivity index (χ2n) is 13.2. The molecule has 0 saturated heterocycles. The van der Waals surface area contributed by atoms with E-state index >= 15 is 0 Å². The van der Waals surface area contributed by atoms with Crippen molar-refractivity contribution in [2.45, 2.75) is 116 Å². The minimum Gasteiger partial charge on any atom is -0.390 e. The van der Waals surface area contributed by atoms with Crippen LogP contribution >= 0.6 is 0 Å². The lowest BCUT2D eigenvalue weighted by Crippen LogP contribution is -2.52. The molecule has 0 aromatic rings. The smallest absolute Gasteiger partial charge is 0.0657 e. The van der Waals surface area contributed by atoms with Crippen LogP contribution in [0.2, 0.25) is 0 Å². The summed E-state index contributed by atoms with van der Waals surface area (Å²) in [4.78, 5) is 0. The van der Waals surface area contributed by atoms with Crippen LogP contribution < -0.4 is 0 Å². The van der Waals surface area contributed by atoms with Gasteiger partial charge in [-0.15, -0.1) is 6.58 Å². The second-order valence-corrected chi connectivity index (χ2v) is 13.2. The van der Waals surface area contributed by atoms with Gasteiger partial charge in [0, 0.05) is 0 Å². The second kappa shape index (κ2) is 8.01. The monoisotopic (exact) mass is 428 g/mol. The van der Waals surface area contributed by atoms with Crippen LogP contribution in [0.3, 0.4) is 0 Å². The molecule has 2 heteroatoms. The van der Waals surface area contributed by atoms with Crippen molar-refractivity contribution in [1.82, 2.24) is 0 Å². The van der Waals surface area contributed by atoms with Crippen LogP contribution in [0.4, 0.5) is 0 Å². The molecule has 0 aromatic carbocycles. The van der Waals surface area contributed by atoms with Gasteiger partial charge in [-0.05, 0) is 125 Å². The fourth-order valence-corrected chi connectivity index (χ4v) is 8.93. The summed E-state index contributed by atoms with van der Waals surface area (Å²) in [5.41, 5.74) is 1.25. The molecule has 0 spiro atoms. The Hall–Kier alpha value is -0.600. The summed E-state index contributed by atoms with van der Waals surface area (Å²) in [5, 5.41) is 21.3. The maximum absolute atomic E-state index is 10.7. The Morgan fingerprint density at radius 1 is 1.16 bits per heavy atom. The molecule has 0 aliphatic heterocycles. The van der Waals surface area contributed by atoms with Crippen molar-refractivity contribution >= 4 is 0 Å². The lowest BCUT2D eigenvalue weighted by atomic mass is 9.46. The Kier molecular flexibility index (Phi) is 6.09. The predicted octanol–water partition coefficient (Wildman–Crippen LogP) is 7.06. The summed E-state index contributed by atoms with van der Waals surface area (Å²) >= 11 is 0. The summed E-state index contributed by atoms with van der Waals surface area (Å²) in [7, 11) is 0. The molecule has 0 radical (unpaired) electrons. The van der Waals surface area contributed by atoms with Crippen molar-refractivity contribution in [2.24, 2.45) is 40.4 Å². The molecule has 3 saturated carbocycles. The molecule has 0 heterocycles.